The fourth-order valence-corrected chi connectivity index (χ4v) is 3.57. The molecule has 1 saturated carbocycles. The van der Waals surface area contributed by atoms with Crippen LogP contribution in [0, 0.1) is 36.5 Å². The molecule has 2 nitrogen and oxygen atoms in total. The Hall–Kier alpha value is -0.960. The van der Waals surface area contributed by atoms with E-state index in [0.29, 0.717) is 13.1 Å². The van der Waals surface area contributed by atoms with Gasteiger partial charge in [-0.3, -0.25) is 4.90 Å². The van der Waals surface area contributed by atoms with Gasteiger partial charge in [-0.15, -0.1) is 12.8 Å². The van der Waals surface area contributed by atoms with Gasteiger partial charge in [-0.2, -0.15) is 0 Å². The number of nitrogens with zero attached hydrogens (tertiary/aromatic N) is 2. The predicted molar refractivity (Wildman–Crippen MR) is 80.6 cm³/mol. The Morgan fingerprint density at radius 2 is 1.47 bits per heavy atom. The summed E-state index contributed by atoms with van der Waals surface area (Å²) in [6.45, 7) is 6.23. The lowest BCUT2D eigenvalue weighted by Gasteiger charge is -2.24. The van der Waals surface area contributed by atoms with Crippen LogP contribution in [0.15, 0.2) is 0 Å². The summed E-state index contributed by atoms with van der Waals surface area (Å²) in [6, 6.07) is 0. The molecule has 2 bridgehead atoms. The monoisotopic (exact) mass is 258 g/mol. The van der Waals surface area contributed by atoms with Crippen LogP contribution in [0.4, 0.5) is 0 Å². The Morgan fingerprint density at radius 1 is 0.947 bits per heavy atom. The highest BCUT2D eigenvalue weighted by atomic mass is 15.1. The summed E-state index contributed by atoms with van der Waals surface area (Å²) in [4.78, 5) is 4.87. The second kappa shape index (κ2) is 7.59. The van der Waals surface area contributed by atoms with Crippen molar-refractivity contribution in [3.63, 3.8) is 0 Å². The Kier molecular flexibility index (Phi) is 5.77. The van der Waals surface area contributed by atoms with E-state index in [4.69, 9.17) is 12.8 Å². The highest BCUT2D eigenvalue weighted by molar-refractivity contribution is 4.94. The third-order valence-electron chi connectivity index (χ3n) is 4.58. The summed E-state index contributed by atoms with van der Waals surface area (Å²) in [5.41, 5.74) is 0. The molecule has 0 aromatic heterocycles. The van der Waals surface area contributed by atoms with E-state index >= 15 is 0 Å². The van der Waals surface area contributed by atoms with Gasteiger partial charge in [0.25, 0.3) is 0 Å². The van der Waals surface area contributed by atoms with Crippen molar-refractivity contribution in [3.05, 3.63) is 0 Å². The molecule has 3 fully saturated rings. The molecule has 0 radical (unpaired) electrons. The maximum atomic E-state index is 5.37. The summed E-state index contributed by atoms with van der Waals surface area (Å²) >= 11 is 0. The minimum atomic E-state index is 0.676. The minimum Gasteiger partial charge on any atom is -0.303 e. The predicted octanol–water partition coefficient (Wildman–Crippen LogP) is 2.07. The van der Waals surface area contributed by atoms with Crippen molar-refractivity contribution in [3.8, 4) is 24.7 Å². The van der Waals surface area contributed by atoms with Gasteiger partial charge in [0.05, 0.1) is 13.1 Å². The molecule has 1 aliphatic carbocycles. The van der Waals surface area contributed by atoms with Crippen LogP contribution in [0.5, 0.6) is 0 Å². The molecule has 19 heavy (non-hydrogen) atoms. The molecule has 3 aliphatic rings. The second-order valence-electron chi connectivity index (χ2n) is 6.12. The third-order valence-corrected chi connectivity index (χ3v) is 4.58. The molecule has 0 N–H and O–H groups in total. The van der Waals surface area contributed by atoms with E-state index < -0.39 is 0 Å². The molecule has 0 amide bonds. The quantitative estimate of drug-likeness (QED) is 0.673. The molecule has 0 aromatic rings. The lowest BCUT2D eigenvalue weighted by molar-refractivity contribution is 0.231. The molecular weight excluding hydrogens is 232 g/mol. The largest absolute Gasteiger partial charge is 0.303 e. The van der Waals surface area contributed by atoms with Crippen molar-refractivity contribution >= 4 is 0 Å². The summed E-state index contributed by atoms with van der Waals surface area (Å²) in [5.74, 6) is 7.31. The molecule has 0 atom stereocenters. The topological polar surface area (TPSA) is 6.48 Å². The summed E-state index contributed by atoms with van der Waals surface area (Å²) in [6.07, 6.45) is 17.8. The average molecular weight is 258 g/mol. The summed E-state index contributed by atoms with van der Waals surface area (Å²) < 4.78 is 0. The molecule has 3 rings (SSSR count). The number of rotatable bonds is 6. The number of hydrogen-bond acceptors (Lipinski definition) is 2. The first-order chi connectivity index (χ1) is 9.31. The van der Waals surface area contributed by atoms with Crippen LogP contribution >= 0.6 is 0 Å². The molecule has 2 aliphatic heterocycles. The minimum absolute atomic E-state index is 0.676. The van der Waals surface area contributed by atoms with E-state index in [2.05, 4.69) is 21.6 Å². The van der Waals surface area contributed by atoms with Crippen LogP contribution in [-0.4, -0.2) is 49.1 Å². The van der Waals surface area contributed by atoms with Crippen LogP contribution in [0.1, 0.15) is 32.1 Å². The first-order valence-electron chi connectivity index (χ1n) is 7.63. The van der Waals surface area contributed by atoms with Crippen molar-refractivity contribution in [2.75, 3.05) is 39.3 Å². The zero-order chi connectivity index (χ0) is 13.5. The third kappa shape index (κ3) is 4.57. The van der Waals surface area contributed by atoms with Crippen LogP contribution in [-0.2, 0) is 0 Å². The van der Waals surface area contributed by atoms with E-state index in [9.17, 15) is 0 Å². The van der Waals surface area contributed by atoms with E-state index in [0.717, 1.165) is 18.4 Å². The van der Waals surface area contributed by atoms with Gasteiger partial charge >= 0.3 is 0 Å². The zero-order valence-electron chi connectivity index (χ0n) is 12.0. The Morgan fingerprint density at radius 3 is 1.95 bits per heavy atom. The van der Waals surface area contributed by atoms with Crippen LogP contribution in [0.2, 0.25) is 0 Å². The normalized spacial score (nSPS) is 26.9. The van der Waals surface area contributed by atoms with Gasteiger partial charge in [-0.25, -0.2) is 0 Å². The van der Waals surface area contributed by atoms with E-state index in [1.807, 2.05) is 0 Å². The fraction of sp³-hybridized carbons (Fsp3) is 0.765. The van der Waals surface area contributed by atoms with Gasteiger partial charge in [0.1, 0.15) is 0 Å². The molecule has 0 unspecified atom stereocenters. The van der Waals surface area contributed by atoms with Gasteiger partial charge in [-0.05, 0) is 50.5 Å². The molecular formula is C17H26N2. The van der Waals surface area contributed by atoms with Crippen LogP contribution in [0.3, 0.4) is 0 Å². The molecule has 0 aromatic carbocycles. The molecule has 104 valence electrons. The SMILES string of the molecule is C#CCN(CC#C)CCCN1CC2CCC(CC2)C1. The van der Waals surface area contributed by atoms with Gasteiger partial charge in [-0.1, -0.05) is 11.8 Å². The summed E-state index contributed by atoms with van der Waals surface area (Å²) in [7, 11) is 0. The first kappa shape index (κ1) is 14.4. The van der Waals surface area contributed by atoms with Gasteiger partial charge in [0.2, 0.25) is 0 Å². The Balaban J connectivity index is 1.70. The zero-order valence-corrected chi connectivity index (χ0v) is 12.0. The number of terminal acetylenes is 2. The van der Waals surface area contributed by atoms with Crippen LogP contribution in [0.25, 0.3) is 0 Å². The molecule has 2 saturated heterocycles. The van der Waals surface area contributed by atoms with Crippen molar-refractivity contribution < 1.29 is 0 Å². The van der Waals surface area contributed by atoms with E-state index in [-0.39, 0.29) is 0 Å². The fourth-order valence-electron chi connectivity index (χ4n) is 3.57. The summed E-state index contributed by atoms with van der Waals surface area (Å²) in [5, 5.41) is 0. The second-order valence-corrected chi connectivity index (χ2v) is 6.12. The smallest absolute Gasteiger partial charge is 0.0607 e. The van der Waals surface area contributed by atoms with Gasteiger partial charge in [0.15, 0.2) is 0 Å². The average Bonchev–Trinajstić information content (AvgIpc) is 2.71. The van der Waals surface area contributed by atoms with E-state index in [1.54, 1.807) is 0 Å². The van der Waals surface area contributed by atoms with Crippen molar-refractivity contribution in [2.45, 2.75) is 32.1 Å². The molecule has 0 spiro atoms. The van der Waals surface area contributed by atoms with Gasteiger partial charge < -0.3 is 4.90 Å². The Bertz CT molecular complexity index is 311. The molecule has 2 heterocycles. The van der Waals surface area contributed by atoms with Crippen molar-refractivity contribution in [1.29, 1.82) is 0 Å². The van der Waals surface area contributed by atoms with E-state index in [1.165, 1.54) is 51.7 Å². The molecule has 2 heteroatoms. The number of fused-ring (bicyclic) bond motifs is 4. The first-order valence-corrected chi connectivity index (χ1v) is 7.63. The highest BCUT2D eigenvalue weighted by Crippen LogP contribution is 2.33. The maximum absolute atomic E-state index is 5.37. The lowest BCUT2D eigenvalue weighted by atomic mass is 9.84. The van der Waals surface area contributed by atoms with Crippen LogP contribution < -0.4 is 0 Å². The maximum Gasteiger partial charge on any atom is 0.0607 e. The standard InChI is InChI=1S/C17H26N2/c1-3-10-18(11-4-2)12-5-13-19-14-16-6-7-17(15-19)9-8-16/h1-2,16-17H,5-15H2. The van der Waals surface area contributed by atoms with Crippen molar-refractivity contribution in [2.24, 2.45) is 11.8 Å². The Labute approximate surface area is 118 Å². The highest BCUT2D eigenvalue weighted by Gasteiger charge is 2.28. The lowest BCUT2D eigenvalue weighted by Crippen LogP contribution is -2.33. The van der Waals surface area contributed by atoms with Crippen molar-refractivity contribution in [1.82, 2.24) is 9.80 Å². The van der Waals surface area contributed by atoms with Gasteiger partial charge in [0, 0.05) is 19.6 Å². The number of hydrogen-bond donors (Lipinski definition) is 0.